The van der Waals surface area contributed by atoms with Gasteiger partial charge in [-0.05, 0) is 34.2 Å². The Labute approximate surface area is 98.9 Å². The van der Waals surface area contributed by atoms with E-state index in [0.29, 0.717) is 12.2 Å². The van der Waals surface area contributed by atoms with Gasteiger partial charge < -0.3 is 5.11 Å². The summed E-state index contributed by atoms with van der Waals surface area (Å²) in [6.07, 6.45) is 0.423. The fraction of sp³-hybridized carbons (Fsp3) is 0.100. The molecule has 1 heterocycles. The van der Waals surface area contributed by atoms with Crippen LogP contribution in [-0.2, 0) is 6.42 Å². The minimum Gasteiger partial charge on any atom is -0.506 e. The first-order chi connectivity index (χ1) is 6.74. The smallest absolute Gasteiger partial charge is 0.134 e. The Kier molecular flexibility index (Phi) is 2.61. The number of hydrogen-bond donors (Lipinski definition) is 1. The van der Waals surface area contributed by atoms with Crippen LogP contribution in [0.3, 0.4) is 0 Å². The van der Waals surface area contributed by atoms with E-state index in [-0.39, 0.29) is 0 Å². The first-order valence-corrected chi connectivity index (χ1v) is 5.94. The molecule has 1 aromatic heterocycles. The van der Waals surface area contributed by atoms with Gasteiger partial charge in [-0.2, -0.15) is 5.26 Å². The molecule has 0 aliphatic carbocycles. The topological polar surface area (TPSA) is 44.0 Å². The molecule has 4 heteroatoms. The molecule has 0 bridgehead atoms. The van der Waals surface area contributed by atoms with Crippen molar-refractivity contribution in [2.45, 2.75) is 6.42 Å². The maximum atomic E-state index is 9.50. The molecule has 2 rings (SSSR count). The van der Waals surface area contributed by atoms with Crippen LogP contribution in [0.1, 0.15) is 5.56 Å². The zero-order valence-corrected chi connectivity index (χ0v) is 10.1. The molecule has 0 atom stereocenters. The third-order valence-electron chi connectivity index (χ3n) is 2.01. The average molecular weight is 315 g/mol. The van der Waals surface area contributed by atoms with Crippen LogP contribution in [0, 0.1) is 14.9 Å². The zero-order chi connectivity index (χ0) is 10.1. The van der Waals surface area contributed by atoms with Gasteiger partial charge in [-0.1, -0.05) is 6.07 Å². The van der Waals surface area contributed by atoms with Crippen molar-refractivity contribution >= 4 is 44.0 Å². The molecule has 1 aromatic carbocycles. The number of nitriles is 1. The molecule has 70 valence electrons. The van der Waals surface area contributed by atoms with E-state index in [2.05, 4.69) is 28.7 Å². The second-order valence-corrected chi connectivity index (χ2v) is 4.83. The molecule has 0 spiro atoms. The van der Waals surface area contributed by atoms with Gasteiger partial charge >= 0.3 is 0 Å². The summed E-state index contributed by atoms with van der Waals surface area (Å²) in [5.74, 6) is 0.325. The molecule has 2 nitrogen and oxygen atoms in total. The van der Waals surface area contributed by atoms with E-state index in [1.54, 1.807) is 5.38 Å². The minimum atomic E-state index is 0.325. The SMILES string of the molecule is N#CCc1ccc2c(O)csc2c1I. The molecule has 1 N–H and O–H groups in total. The largest absolute Gasteiger partial charge is 0.506 e. The first kappa shape index (κ1) is 9.74. The average Bonchev–Trinajstić information content (AvgIpc) is 2.54. The van der Waals surface area contributed by atoms with Gasteiger partial charge in [0.1, 0.15) is 5.75 Å². The fourth-order valence-electron chi connectivity index (χ4n) is 1.31. The first-order valence-electron chi connectivity index (χ1n) is 3.98. The molecule has 0 aliphatic rings. The van der Waals surface area contributed by atoms with Crippen LogP contribution in [0.25, 0.3) is 10.1 Å². The lowest BCUT2D eigenvalue weighted by Gasteiger charge is -2.00. The lowest BCUT2D eigenvalue weighted by atomic mass is 10.1. The van der Waals surface area contributed by atoms with Crippen molar-refractivity contribution in [3.05, 3.63) is 26.6 Å². The Balaban J connectivity index is 2.71. The molecule has 0 aliphatic heterocycles. The highest BCUT2D eigenvalue weighted by atomic mass is 127. The van der Waals surface area contributed by atoms with Gasteiger partial charge in [-0.15, -0.1) is 11.3 Å². The van der Waals surface area contributed by atoms with E-state index >= 15 is 0 Å². The number of rotatable bonds is 1. The van der Waals surface area contributed by atoms with E-state index in [1.165, 1.54) is 11.3 Å². The quantitative estimate of drug-likeness (QED) is 0.821. The molecule has 0 saturated carbocycles. The van der Waals surface area contributed by atoms with Gasteiger partial charge in [0.05, 0.1) is 17.2 Å². The Bertz CT molecular complexity index is 527. The van der Waals surface area contributed by atoms with Crippen molar-refractivity contribution in [2.24, 2.45) is 0 Å². The second kappa shape index (κ2) is 3.75. The van der Waals surface area contributed by atoms with Gasteiger partial charge in [0.2, 0.25) is 0 Å². The maximum Gasteiger partial charge on any atom is 0.134 e. The number of nitrogens with zero attached hydrogens (tertiary/aromatic N) is 1. The number of halogens is 1. The monoisotopic (exact) mass is 315 g/mol. The van der Waals surface area contributed by atoms with Crippen molar-refractivity contribution < 1.29 is 5.11 Å². The van der Waals surface area contributed by atoms with Crippen molar-refractivity contribution in [3.8, 4) is 11.8 Å². The summed E-state index contributed by atoms with van der Waals surface area (Å²) in [7, 11) is 0. The van der Waals surface area contributed by atoms with Crippen molar-refractivity contribution in [3.63, 3.8) is 0 Å². The van der Waals surface area contributed by atoms with Crippen molar-refractivity contribution in [1.82, 2.24) is 0 Å². The van der Waals surface area contributed by atoms with Gasteiger partial charge in [-0.3, -0.25) is 0 Å². The lowest BCUT2D eigenvalue weighted by molar-refractivity contribution is 0.483. The van der Waals surface area contributed by atoms with Gasteiger partial charge in [-0.25, -0.2) is 0 Å². The summed E-state index contributed by atoms with van der Waals surface area (Å²) in [6.45, 7) is 0. The third kappa shape index (κ3) is 1.47. The zero-order valence-electron chi connectivity index (χ0n) is 7.12. The predicted molar refractivity (Wildman–Crippen MR) is 65.5 cm³/mol. The fourth-order valence-corrected chi connectivity index (χ4v) is 3.25. The van der Waals surface area contributed by atoms with Gasteiger partial charge in [0.15, 0.2) is 0 Å². The van der Waals surface area contributed by atoms with Crippen LogP contribution in [0.2, 0.25) is 0 Å². The van der Waals surface area contributed by atoms with Crippen molar-refractivity contribution in [1.29, 1.82) is 5.26 Å². The van der Waals surface area contributed by atoms with Gasteiger partial charge in [0, 0.05) is 14.3 Å². The normalized spacial score (nSPS) is 10.3. The van der Waals surface area contributed by atoms with E-state index in [1.807, 2.05) is 12.1 Å². The Morgan fingerprint density at radius 2 is 2.29 bits per heavy atom. The summed E-state index contributed by atoms with van der Waals surface area (Å²) in [5, 5.41) is 20.7. The molecule has 0 amide bonds. The molecule has 2 aromatic rings. The van der Waals surface area contributed by atoms with Crippen LogP contribution in [0.4, 0.5) is 0 Å². The molecular formula is C10H6INOS. The number of thiophene rings is 1. The van der Waals surface area contributed by atoms with E-state index in [0.717, 1.165) is 19.2 Å². The van der Waals surface area contributed by atoms with Crippen LogP contribution < -0.4 is 0 Å². The highest BCUT2D eigenvalue weighted by Crippen LogP contribution is 2.35. The minimum absolute atomic E-state index is 0.325. The van der Waals surface area contributed by atoms with E-state index in [4.69, 9.17) is 5.26 Å². The van der Waals surface area contributed by atoms with Crippen molar-refractivity contribution in [2.75, 3.05) is 0 Å². The van der Waals surface area contributed by atoms with E-state index in [9.17, 15) is 5.11 Å². The van der Waals surface area contributed by atoms with E-state index < -0.39 is 0 Å². The predicted octanol–water partition coefficient (Wildman–Crippen LogP) is 3.28. The summed E-state index contributed by atoms with van der Waals surface area (Å²) in [6, 6.07) is 5.91. The van der Waals surface area contributed by atoms with Crippen LogP contribution in [-0.4, -0.2) is 5.11 Å². The second-order valence-electron chi connectivity index (χ2n) is 2.87. The highest BCUT2D eigenvalue weighted by Gasteiger charge is 2.09. The number of benzene rings is 1. The summed E-state index contributed by atoms with van der Waals surface area (Å²) >= 11 is 3.74. The molecule has 0 radical (unpaired) electrons. The number of aromatic hydroxyl groups is 1. The molecule has 0 saturated heterocycles. The summed E-state index contributed by atoms with van der Waals surface area (Å²) < 4.78 is 2.14. The summed E-state index contributed by atoms with van der Waals surface area (Å²) in [5.41, 5.74) is 1.03. The van der Waals surface area contributed by atoms with Crippen LogP contribution in [0.15, 0.2) is 17.5 Å². The Morgan fingerprint density at radius 3 is 3.00 bits per heavy atom. The van der Waals surface area contributed by atoms with Gasteiger partial charge in [0.25, 0.3) is 0 Å². The number of hydrogen-bond acceptors (Lipinski definition) is 3. The van der Waals surface area contributed by atoms with Crippen LogP contribution >= 0.6 is 33.9 Å². The highest BCUT2D eigenvalue weighted by molar-refractivity contribution is 14.1. The molecular weight excluding hydrogens is 309 g/mol. The van der Waals surface area contributed by atoms with Crippen LogP contribution in [0.5, 0.6) is 5.75 Å². The molecule has 0 unspecified atom stereocenters. The lowest BCUT2D eigenvalue weighted by Crippen LogP contribution is -1.86. The standard InChI is InChI=1S/C10H6INOS/c11-9-6(3-4-12)1-2-7-8(13)5-14-10(7)9/h1-2,5,13H,3H2. The maximum absolute atomic E-state index is 9.50. The molecule has 0 fully saturated rings. The Morgan fingerprint density at radius 1 is 1.50 bits per heavy atom. The molecule has 14 heavy (non-hydrogen) atoms. The Hall–Kier alpha value is -0.800. The summed E-state index contributed by atoms with van der Waals surface area (Å²) in [4.78, 5) is 0. The number of fused-ring (bicyclic) bond motifs is 1. The third-order valence-corrected chi connectivity index (χ3v) is 4.61.